The van der Waals surface area contributed by atoms with Crippen LogP contribution in [0.3, 0.4) is 0 Å². The number of sulfonamides is 1. The zero-order valence-corrected chi connectivity index (χ0v) is 8.97. The maximum absolute atomic E-state index is 13.2. The van der Waals surface area contributed by atoms with Crippen molar-refractivity contribution in [1.29, 1.82) is 0 Å². The van der Waals surface area contributed by atoms with E-state index < -0.39 is 26.6 Å². The molecule has 2 rings (SSSR count). The van der Waals surface area contributed by atoms with E-state index in [9.17, 15) is 17.2 Å². The van der Waals surface area contributed by atoms with Crippen LogP contribution in [0.2, 0.25) is 0 Å². The summed E-state index contributed by atoms with van der Waals surface area (Å²) in [7, 11) is -4.03. The van der Waals surface area contributed by atoms with Crippen molar-refractivity contribution in [1.82, 2.24) is 4.72 Å². The number of hydrogen-bond donors (Lipinski definition) is 2. The van der Waals surface area contributed by atoms with E-state index in [1.807, 2.05) is 0 Å². The Morgan fingerprint density at radius 1 is 1.38 bits per heavy atom. The molecule has 2 atom stereocenters. The highest BCUT2D eigenvalue weighted by Gasteiger charge is 2.38. The van der Waals surface area contributed by atoms with Gasteiger partial charge in [0.2, 0.25) is 10.0 Å². The lowest BCUT2D eigenvalue weighted by molar-refractivity contribution is 0.545. The molecular formula is C9H10F2N2O2S. The molecule has 1 aliphatic rings. The van der Waals surface area contributed by atoms with Gasteiger partial charge in [-0.1, -0.05) is 0 Å². The Labute approximate surface area is 91.5 Å². The molecule has 3 N–H and O–H groups in total. The molecule has 2 unspecified atom stereocenters. The summed E-state index contributed by atoms with van der Waals surface area (Å²) in [5, 5.41) is 0. The molecule has 4 nitrogen and oxygen atoms in total. The number of halogens is 2. The topological polar surface area (TPSA) is 72.2 Å². The van der Waals surface area contributed by atoms with Crippen LogP contribution in [0.1, 0.15) is 6.42 Å². The highest BCUT2D eigenvalue weighted by molar-refractivity contribution is 7.89. The van der Waals surface area contributed by atoms with E-state index in [4.69, 9.17) is 5.73 Å². The van der Waals surface area contributed by atoms with Crippen molar-refractivity contribution >= 4 is 10.0 Å². The third kappa shape index (κ3) is 2.21. The summed E-state index contributed by atoms with van der Waals surface area (Å²) in [4.78, 5) is -0.688. The van der Waals surface area contributed by atoms with E-state index >= 15 is 0 Å². The predicted molar refractivity (Wildman–Crippen MR) is 53.1 cm³/mol. The van der Waals surface area contributed by atoms with E-state index in [2.05, 4.69) is 4.72 Å². The Morgan fingerprint density at radius 2 is 2.00 bits per heavy atom. The standard InChI is InChI=1S/C9H10F2N2O2S/c10-5-1-2-6(11)9(3-5)16(14,15)13-8-4-7(8)12/h1-3,7-8,13H,4,12H2. The van der Waals surface area contributed by atoms with Crippen LogP contribution in [-0.4, -0.2) is 20.5 Å². The first kappa shape index (κ1) is 11.4. The molecule has 0 heterocycles. The number of benzene rings is 1. The van der Waals surface area contributed by atoms with Gasteiger partial charge in [0, 0.05) is 12.1 Å². The SMILES string of the molecule is NC1CC1NS(=O)(=O)c1cc(F)ccc1F. The molecule has 0 amide bonds. The summed E-state index contributed by atoms with van der Waals surface area (Å²) in [5.74, 6) is -1.79. The summed E-state index contributed by atoms with van der Waals surface area (Å²) >= 11 is 0. The molecule has 1 aliphatic carbocycles. The molecule has 0 spiro atoms. The van der Waals surface area contributed by atoms with Crippen molar-refractivity contribution in [3.8, 4) is 0 Å². The maximum Gasteiger partial charge on any atom is 0.243 e. The second-order valence-corrected chi connectivity index (χ2v) is 5.38. The van der Waals surface area contributed by atoms with Crippen molar-refractivity contribution in [2.45, 2.75) is 23.4 Å². The fourth-order valence-corrected chi connectivity index (χ4v) is 2.69. The first-order valence-corrected chi connectivity index (χ1v) is 6.11. The number of hydrogen-bond acceptors (Lipinski definition) is 3. The van der Waals surface area contributed by atoms with Crippen LogP contribution in [0.4, 0.5) is 8.78 Å². The number of nitrogens with one attached hydrogen (secondary N) is 1. The quantitative estimate of drug-likeness (QED) is 0.810. The Bertz CT molecular complexity index is 518. The summed E-state index contributed by atoms with van der Waals surface area (Å²) < 4.78 is 51.5. The van der Waals surface area contributed by atoms with Gasteiger partial charge in [-0.25, -0.2) is 21.9 Å². The normalized spacial score (nSPS) is 24.4. The maximum atomic E-state index is 13.2. The van der Waals surface area contributed by atoms with Gasteiger partial charge in [-0.05, 0) is 24.6 Å². The Balaban J connectivity index is 2.31. The van der Waals surface area contributed by atoms with Crippen molar-refractivity contribution in [2.24, 2.45) is 5.73 Å². The lowest BCUT2D eigenvalue weighted by Gasteiger charge is -2.06. The molecule has 0 aliphatic heterocycles. The Hall–Kier alpha value is -1.05. The molecule has 1 fully saturated rings. The number of nitrogens with two attached hydrogens (primary N) is 1. The van der Waals surface area contributed by atoms with Gasteiger partial charge in [-0.3, -0.25) is 0 Å². The zero-order chi connectivity index (χ0) is 11.9. The molecule has 16 heavy (non-hydrogen) atoms. The number of rotatable bonds is 3. The Morgan fingerprint density at radius 3 is 2.56 bits per heavy atom. The molecule has 1 saturated carbocycles. The lowest BCUT2D eigenvalue weighted by atomic mass is 10.3. The molecule has 0 bridgehead atoms. The molecule has 0 aromatic heterocycles. The highest BCUT2D eigenvalue weighted by atomic mass is 32.2. The van der Waals surface area contributed by atoms with Crippen LogP contribution in [0.15, 0.2) is 23.1 Å². The fraction of sp³-hybridized carbons (Fsp3) is 0.333. The third-order valence-electron chi connectivity index (χ3n) is 2.33. The average Bonchev–Trinajstić information content (AvgIpc) is 2.85. The van der Waals surface area contributed by atoms with Gasteiger partial charge in [0.15, 0.2) is 0 Å². The van der Waals surface area contributed by atoms with Gasteiger partial charge in [-0.15, -0.1) is 0 Å². The highest BCUT2D eigenvalue weighted by Crippen LogP contribution is 2.22. The molecule has 1 aromatic rings. The van der Waals surface area contributed by atoms with E-state index in [0.29, 0.717) is 12.5 Å². The van der Waals surface area contributed by atoms with E-state index in [1.54, 1.807) is 0 Å². The van der Waals surface area contributed by atoms with Crippen LogP contribution < -0.4 is 10.5 Å². The van der Waals surface area contributed by atoms with Crippen molar-refractivity contribution in [2.75, 3.05) is 0 Å². The lowest BCUT2D eigenvalue weighted by Crippen LogP contribution is -2.30. The largest absolute Gasteiger partial charge is 0.326 e. The minimum atomic E-state index is -4.03. The van der Waals surface area contributed by atoms with Crippen LogP contribution in [0.5, 0.6) is 0 Å². The van der Waals surface area contributed by atoms with Gasteiger partial charge in [0.25, 0.3) is 0 Å². The van der Waals surface area contributed by atoms with Crippen LogP contribution in [0.25, 0.3) is 0 Å². The molecule has 7 heteroatoms. The second kappa shape index (κ2) is 3.76. The fourth-order valence-electron chi connectivity index (χ4n) is 1.30. The molecule has 1 aromatic carbocycles. The van der Waals surface area contributed by atoms with Gasteiger partial charge in [-0.2, -0.15) is 0 Å². The first-order valence-electron chi connectivity index (χ1n) is 4.63. The monoisotopic (exact) mass is 248 g/mol. The van der Waals surface area contributed by atoms with E-state index in [0.717, 1.165) is 12.1 Å². The molecule has 0 radical (unpaired) electrons. The molecule has 0 saturated heterocycles. The first-order chi connectivity index (χ1) is 7.40. The van der Waals surface area contributed by atoms with E-state index in [-0.39, 0.29) is 12.1 Å². The van der Waals surface area contributed by atoms with Crippen LogP contribution in [-0.2, 0) is 10.0 Å². The van der Waals surface area contributed by atoms with Gasteiger partial charge in [0.05, 0.1) is 0 Å². The van der Waals surface area contributed by atoms with Crippen LogP contribution >= 0.6 is 0 Å². The molecule has 88 valence electrons. The Kier molecular flexibility index (Phi) is 2.69. The minimum absolute atomic E-state index is 0.244. The molecular weight excluding hydrogens is 238 g/mol. The summed E-state index contributed by atoms with van der Waals surface area (Å²) in [5.41, 5.74) is 5.42. The second-order valence-electron chi connectivity index (χ2n) is 3.70. The van der Waals surface area contributed by atoms with Gasteiger partial charge >= 0.3 is 0 Å². The average molecular weight is 248 g/mol. The van der Waals surface area contributed by atoms with Crippen molar-refractivity contribution in [3.63, 3.8) is 0 Å². The predicted octanol–water partition coefficient (Wildman–Crippen LogP) is 0.343. The van der Waals surface area contributed by atoms with Crippen LogP contribution in [0, 0.1) is 11.6 Å². The summed E-state index contributed by atoms with van der Waals surface area (Å²) in [6.07, 6.45) is 0.510. The summed E-state index contributed by atoms with van der Waals surface area (Å²) in [6.45, 7) is 0. The smallest absolute Gasteiger partial charge is 0.243 e. The van der Waals surface area contributed by atoms with Gasteiger partial charge in [0.1, 0.15) is 16.5 Å². The van der Waals surface area contributed by atoms with E-state index in [1.165, 1.54) is 0 Å². The summed E-state index contributed by atoms with van der Waals surface area (Å²) in [6, 6.07) is 1.65. The zero-order valence-electron chi connectivity index (χ0n) is 8.15. The van der Waals surface area contributed by atoms with Crippen molar-refractivity contribution in [3.05, 3.63) is 29.8 Å². The minimum Gasteiger partial charge on any atom is -0.326 e. The van der Waals surface area contributed by atoms with Crippen molar-refractivity contribution < 1.29 is 17.2 Å². The third-order valence-corrected chi connectivity index (χ3v) is 3.83. The van der Waals surface area contributed by atoms with Gasteiger partial charge < -0.3 is 5.73 Å².